The zero-order valence-corrected chi connectivity index (χ0v) is 44.6. The molecule has 24 heteroatoms. The minimum Gasteiger partial charge on any atom is -0.494 e. The molecule has 0 bridgehead atoms. The molecule has 6 heterocycles. The summed E-state index contributed by atoms with van der Waals surface area (Å²) in [6.07, 6.45) is 9.30. The molecule has 6 aromatic rings. The van der Waals surface area contributed by atoms with Crippen molar-refractivity contribution in [2.45, 2.75) is 99.1 Å². The second-order valence-electron chi connectivity index (χ2n) is 17.6. The maximum absolute atomic E-state index is 13.6. The highest BCUT2D eigenvalue weighted by Gasteiger charge is 2.36. The summed E-state index contributed by atoms with van der Waals surface area (Å²) in [4.78, 5) is 16.8. The number of hydrogen-bond donors (Lipinski definition) is 0. The van der Waals surface area contributed by atoms with Crippen molar-refractivity contribution in [1.82, 2.24) is 49.5 Å². The van der Waals surface area contributed by atoms with Gasteiger partial charge in [-0.3, -0.25) is 9.13 Å². The lowest BCUT2D eigenvalue weighted by Crippen LogP contribution is -2.28. The molecule has 0 saturated carbocycles. The molecule has 4 aromatic heterocycles. The molecular weight excluding hydrogens is 1010 g/mol. The predicted molar refractivity (Wildman–Crippen MR) is 270 cm³/mol. The molecule has 0 unspecified atom stereocenters. The molecule has 2 aromatic carbocycles. The molecule has 0 amide bonds. The third-order valence-electron chi connectivity index (χ3n) is 13.1. The number of methoxy groups -OCH3 is 4. The topological polar surface area (TPSA) is 237 Å². The van der Waals surface area contributed by atoms with Crippen molar-refractivity contribution in [2.75, 3.05) is 54.9 Å². The van der Waals surface area contributed by atoms with Crippen molar-refractivity contribution in [3.05, 3.63) is 106 Å². The van der Waals surface area contributed by atoms with Crippen LogP contribution < -0.4 is 18.9 Å². The first-order valence-electron chi connectivity index (χ1n) is 23.4. The van der Waals surface area contributed by atoms with Crippen LogP contribution >= 0.6 is 23.2 Å². The van der Waals surface area contributed by atoms with Crippen molar-refractivity contribution < 1.29 is 45.3 Å². The molecule has 388 valence electrons. The number of benzene rings is 2. The Labute approximate surface area is 430 Å². The SMILES string of the molecule is COc1cccc(OC)c1-n1c(CS(=O)(=O)[C@@H](C)[C@H](C)c2ncc(Cl)cn2)nnc1[C@@H]1CCCOC1.COc1cccc(OC)c1-n1c(CS(=O)(=O)[C@@H](C)[C@H](C)c2ncc(Cl)cn2)nnc1[C@H]1CCCOC1. The quantitative estimate of drug-likeness (QED) is 0.0812. The number of ether oxygens (including phenoxy) is 6. The van der Waals surface area contributed by atoms with Gasteiger partial charge < -0.3 is 28.4 Å². The summed E-state index contributed by atoms with van der Waals surface area (Å²) < 4.78 is 91.8. The fraction of sp³-hybridized carbons (Fsp3) is 0.500. The average molecular weight is 1070 g/mol. The number of para-hydroxylation sites is 2. The molecule has 0 radical (unpaired) electrons. The van der Waals surface area contributed by atoms with E-state index in [0.717, 1.165) is 25.7 Å². The smallest absolute Gasteiger partial charge is 0.160 e. The lowest BCUT2D eigenvalue weighted by atomic mass is 10.0. The van der Waals surface area contributed by atoms with E-state index in [0.29, 0.717) is 94.1 Å². The van der Waals surface area contributed by atoms with Crippen molar-refractivity contribution in [3.8, 4) is 34.4 Å². The van der Waals surface area contributed by atoms with E-state index in [-0.39, 0.29) is 35.0 Å². The Kier molecular flexibility index (Phi) is 18.1. The minimum atomic E-state index is -3.71. The molecule has 0 aliphatic carbocycles. The van der Waals surface area contributed by atoms with Crippen LogP contribution in [-0.4, -0.2) is 132 Å². The van der Waals surface area contributed by atoms with Crippen LogP contribution in [0.1, 0.15) is 112 Å². The van der Waals surface area contributed by atoms with Crippen LogP contribution in [0.4, 0.5) is 0 Å². The van der Waals surface area contributed by atoms with Crippen LogP contribution in [0.25, 0.3) is 11.4 Å². The van der Waals surface area contributed by atoms with E-state index >= 15 is 0 Å². The maximum Gasteiger partial charge on any atom is 0.160 e. The third-order valence-corrected chi connectivity index (χ3v) is 17.9. The van der Waals surface area contributed by atoms with Gasteiger partial charge in [-0.05, 0) is 63.8 Å². The first-order chi connectivity index (χ1) is 34.5. The Balaban J connectivity index is 0.000000211. The summed E-state index contributed by atoms with van der Waals surface area (Å²) in [7, 11) is -1.20. The van der Waals surface area contributed by atoms with E-state index in [1.807, 2.05) is 0 Å². The Bertz CT molecular complexity index is 2740. The van der Waals surface area contributed by atoms with Crippen molar-refractivity contribution >= 4 is 42.9 Å². The monoisotopic (exact) mass is 1070 g/mol. The fourth-order valence-corrected chi connectivity index (χ4v) is 11.9. The zero-order valence-electron chi connectivity index (χ0n) is 41.4. The van der Waals surface area contributed by atoms with Crippen molar-refractivity contribution in [3.63, 3.8) is 0 Å². The molecule has 2 fully saturated rings. The highest BCUT2D eigenvalue weighted by atomic mass is 35.5. The van der Waals surface area contributed by atoms with Gasteiger partial charge in [0.2, 0.25) is 0 Å². The van der Waals surface area contributed by atoms with Gasteiger partial charge in [-0.1, -0.05) is 49.2 Å². The van der Waals surface area contributed by atoms with Crippen LogP contribution in [0.5, 0.6) is 23.0 Å². The first kappa shape index (κ1) is 54.3. The molecule has 2 saturated heterocycles. The largest absolute Gasteiger partial charge is 0.494 e. The first-order valence-corrected chi connectivity index (χ1v) is 27.6. The van der Waals surface area contributed by atoms with Gasteiger partial charge in [-0.25, -0.2) is 36.8 Å². The summed E-state index contributed by atoms with van der Waals surface area (Å²) >= 11 is 11.8. The second-order valence-corrected chi connectivity index (χ2v) is 23.2. The number of nitrogens with zero attached hydrogens (tertiary/aromatic N) is 10. The van der Waals surface area contributed by atoms with Crippen LogP contribution in [0, 0.1) is 0 Å². The summed E-state index contributed by atoms with van der Waals surface area (Å²) in [6, 6.07) is 10.8. The zero-order chi connectivity index (χ0) is 51.7. The van der Waals surface area contributed by atoms with Gasteiger partial charge in [0, 0.05) is 61.7 Å². The van der Waals surface area contributed by atoms with Gasteiger partial charge in [-0.15, -0.1) is 20.4 Å². The summed E-state index contributed by atoms with van der Waals surface area (Å²) in [6.45, 7) is 9.19. The van der Waals surface area contributed by atoms with Gasteiger partial charge >= 0.3 is 0 Å². The molecule has 72 heavy (non-hydrogen) atoms. The number of hydrogen-bond acceptors (Lipinski definition) is 18. The maximum atomic E-state index is 13.6. The summed E-state index contributed by atoms with van der Waals surface area (Å²) in [5.74, 6) is 2.96. The molecule has 2 aliphatic rings. The molecule has 0 N–H and O–H groups in total. The van der Waals surface area contributed by atoms with Crippen LogP contribution in [0.3, 0.4) is 0 Å². The second kappa shape index (κ2) is 24.0. The van der Waals surface area contributed by atoms with Crippen LogP contribution in [0.15, 0.2) is 61.2 Å². The highest BCUT2D eigenvalue weighted by molar-refractivity contribution is 7.91. The Morgan fingerprint density at radius 2 is 0.903 bits per heavy atom. The molecular formula is C48H60Cl2N10O10S2. The van der Waals surface area contributed by atoms with E-state index in [2.05, 4.69) is 40.3 Å². The summed E-state index contributed by atoms with van der Waals surface area (Å²) in [5.41, 5.74) is 1.11. The molecule has 0 spiro atoms. The van der Waals surface area contributed by atoms with Gasteiger partial charge in [0.05, 0.1) is 62.2 Å². The lowest BCUT2D eigenvalue weighted by molar-refractivity contribution is 0.0774. The standard InChI is InChI=1S/2C24H30ClN5O5S/c2*1-15(23-26-11-18(25)12-27-23)16(2)36(31,32)14-21-28-29-24(17-7-6-10-35-13-17)30(21)22-19(33-3)8-5-9-20(22)34-4/h2*5,8-9,11-12,15-17H,6-7,10,13-14H2,1-4H3/t15-,16-,17+;15-,16-,17-/m00/s1. The van der Waals surface area contributed by atoms with Crippen molar-refractivity contribution in [1.29, 1.82) is 0 Å². The highest BCUT2D eigenvalue weighted by Crippen LogP contribution is 2.40. The number of aromatic nitrogens is 10. The van der Waals surface area contributed by atoms with E-state index in [4.69, 9.17) is 51.6 Å². The summed E-state index contributed by atoms with van der Waals surface area (Å²) in [5, 5.41) is 16.8. The minimum absolute atomic E-state index is 0.0452. The van der Waals surface area contributed by atoms with E-state index in [1.165, 1.54) is 24.8 Å². The fourth-order valence-electron chi connectivity index (χ4n) is 8.64. The van der Waals surface area contributed by atoms with E-state index < -0.39 is 42.0 Å². The van der Waals surface area contributed by atoms with Gasteiger partial charge in [0.1, 0.15) is 69.2 Å². The van der Waals surface area contributed by atoms with Gasteiger partial charge in [-0.2, -0.15) is 0 Å². The Hall–Kier alpha value is -5.52. The van der Waals surface area contributed by atoms with E-state index in [9.17, 15) is 16.8 Å². The molecule has 20 nitrogen and oxygen atoms in total. The number of sulfone groups is 2. The normalized spacial score (nSPS) is 18.0. The Morgan fingerprint density at radius 3 is 1.19 bits per heavy atom. The van der Waals surface area contributed by atoms with E-state index in [1.54, 1.807) is 102 Å². The van der Waals surface area contributed by atoms with Crippen LogP contribution in [0.2, 0.25) is 10.0 Å². The Morgan fingerprint density at radius 1 is 0.569 bits per heavy atom. The van der Waals surface area contributed by atoms with Gasteiger partial charge in [0.25, 0.3) is 0 Å². The lowest BCUT2D eigenvalue weighted by Gasteiger charge is -2.24. The van der Waals surface area contributed by atoms with Crippen molar-refractivity contribution in [2.24, 2.45) is 0 Å². The van der Waals surface area contributed by atoms with Crippen LogP contribution in [-0.2, 0) is 40.7 Å². The number of rotatable bonds is 18. The number of halogens is 2. The van der Waals surface area contributed by atoms with Gasteiger partial charge in [0.15, 0.2) is 31.3 Å². The third kappa shape index (κ3) is 12.1. The average Bonchev–Trinajstić information content (AvgIpc) is 4.01. The molecule has 2 aliphatic heterocycles. The molecule has 8 rings (SSSR count). The molecule has 6 atom stereocenters. The predicted octanol–water partition coefficient (Wildman–Crippen LogP) is 7.46.